The normalized spacial score (nSPS) is 31.0. The summed E-state index contributed by atoms with van der Waals surface area (Å²) < 4.78 is 11.7. The number of aliphatic hydroxyl groups is 1. The molecule has 2 saturated heterocycles. The van der Waals surface area contributed by atoms with Gasteiger partial charge in [0, 0.05) is 12.6 Å². The van der Waals surface area contributed by atoms with E-state index in [0.29, 0.717) is 33.8 Å². The number of carbonyl (C=O) groups is 4. The van der Waals surface area contributed by atoms with E-state index in [0.717, 1.165) is 4.90 Å². The van der Waals surface area contributed by atoms with Crippen LogP contribution in [0.5, 0.6) is 0 Å². The molecule has 228 valence electrons. The van der Waals surface area contributed by atoms with E-state index in [1.54, 1.807) is 36.4 Å². The Balaban J connectivity index is 1.17. The highest BCUT2D eigenvalue weighted by molar-refractivity contribution is 6.53. The summed E-state index contributed by atoms with van der Waals surface area (Å²) in [6.07, 6.45) is 1.94. The molecule has 6 atom stereocenters. The maximum Gasteiger partial charge on any atom is 0.253 e. The number of aliphatic hydroxyl groups excluding tert-OH is 1. The van der Waals surface area contributed by atoms with Crippen LogP contribution in [0.3, 0.4) is 0 Å². The molecule has 2 aromatic heterocycles. The van der Waals surface area contributed by atoms with E-state index in [4.69, 9.17) is 32.0 Å². The van der Waals surface area contributed by atoms with Crippen LogP contribution in [0.15, 0.2) is 81.1 Å². The average Bonchev–Trinajstić information content (AvgIpc) is 3.78. The molecule has 2 aliphatic carbocycles. The standard InChI is InChI=1S/C33H25Cl2N3O7/c1-37-30(42)32(34)14-21-19(26(33(32,35)31(37)43)24-13-10-18(15-39)44-24)11-12-20-25(21)29(41)38(28(20)40)17-8-6-16(7-9-17)27-36-22-4-2-3-5-23(22)45-27/h2-11,13,20-21,25-26,39H,12,14-15H2,1H3. The number of nitrogens with zero attached hydrogens (tertiary/aromatic N) is 3. The van der Waals surface area contributed by atoms with Crippen LogP contribution in [0, 0.1) is 17.8 Å². The maximum atomic E-state index is 14.2. The highest BCUT2D eigenvalue weighted by atomic mass is 35.5. The number of halogens is 2. The number of imide groups is 2. The third-order valence-electron chi connectivity index (χ3n) is 9.80. The van der Waals surface area contributed by atoms with Crippen molar-refractivity contribution in [3.63, 3.8) is 0 Å². The van der Waals surface area contributed by atoms with E-state index < -0.39 is 51.1 Å². The fourth-order valence-corrected chi connectivity index (χ4v) is 8.70. The number of anilines is 1. The van der Waals surface area contributed by atoms with Crippen LogP contribution < -0.4 is 4.90 Å². The van der Waals surface area contributed by atoms with Gasteiger partial charge in [-0.25, -0.2) is 4.98 Å². The first-order chi connectivity index (χ1) is 21.6. The Kier molecular flexibility index (Phi) is 6.04. The number of likely N-dealkylation sites (tertiary alicyclic amines) is 1. The van der Waals surface area contributed by atoms with Gasteiger partial charge in [0.25, 0.3) is 11.8 Å². The molecule has 4 aromatic rings. The Morgan fingerprint density at radius 1 is 0.933 bits per heavy atom. The van der Waals surface area contributed by atoms with Crippen molar-refractivity contribution < 1.29 is 33.1 Å². The second-order valence-corrected chi connectivity index (χ2v) is 13.2. The average molecular weight is 646 g/mol. The predicted molar refractivity (Wildman–Crippen MR) is 162 cm³/mol. The van der Waals surface area contributed by atoms with Gasteiger partial charge in [-0.1, -0.05) is 23.8 Å². The zero-order chi connectivity index (χ0) is 31.4. The van der Waals surface area contributed by atoms with Crippen LogP contribution in [0.4, 0.5) is 5.69 Å². The molecule has 0 spiro atoms. The summed E-state index contributed by atoms with van der Waals surface area (Å²) in [6.45, 7) is -0.388. The van der Waals surface area contributed by atoms with E-state index in [2.05, 4.69) is 4.98 Å². The van der Waals surface area contributed by atoms with Crippen molar-refractivity contribution in [3.05, 3.63) is 83.8 Å². The second kappa shape index (κ2) is 9.62. The van der Waals surface area contributed by atoms with Gasteiger partial charge in [-0.2, -0.15) is 0 Å². The number of carbonyl (C=O) groups excluding carboxylic acids is 4. The largest absolute Gasteiger partial charge is 0.463 e. The third-order valence-corrected chi connectivity index (χ3v) is 11.2. The molecule has 0 radical (unpaired) electrons. The Labute approximate surface area is 266 Å². The molecular weight excluding hydrogens is 621 g/mol. The maximum absolute atomic E-state index is 14.2. The fraction of sp³-hybridized carbons (Fsp3) is 0.303. The molecule has 1 saturated carbocycles. The van der Waals surface area contributed by atoms with Crippen molar-refractivity contribution in [2.24, 2.45) is 17.8 Å². The molecule has 4 aliphatic rings. The topological polar surface area (TPSA) is 134 Å². The molecule has 12 heteroatoms. The monoisotopic (exact) mass is 645 g/mol. The molecule has 6 unspecified atom stereocenters. The third kappa shape index (κ3) is 3.64. The molecule has 4 heterocycles. The van der Waals surface area contributed by atoms with Gasteiger partial charge in [0.05, 0.1) is 23.4 Å². The van der Waals surface area contributed by atoms with Crippen molar-refractivity contribution in [2.75, 3.05) is 11.9 Å². The summed E-state index contributed by atoms with van der Waals surface area (Å²) in [4.78, 5) is 58.0. The number of rotatable bonds is 4. The quantitative estimate of drug-likeness (QED) is 0.190. The van der Waals surface area contributed by atoms with Crippen LogP contribution >= 0.6 is 23.2 Å². The number of hydrogen-bond donors (Lipinski definition) is 1. The summed E-state index contributed by atoms with van der Waals surface area (Å²) in [5.74, 6) is -4.44. The minimum absolute atomic E-state index is 0.118. The molecule has 8 rings (SSSR count). The van der Waals surface area contributed by atoms with Crippen LogP contribution in [-0.4, -0.2) is 55.4 Å². The van der Waals surface area contributed by atoms with Crippen LogP contribution in [0.25, 0.3) is 22.6 Å². The van der Waals surface area contributed by atoms with Gasteiger partial charge in [0.2, 0.25) is 17.7 Å². The Hall–Kier alpha value is -4.25. The summed E-state index contributed by atoms with van der Waals surface area (Å²) >= 11 is 14.3. The van der Waals surface area contributed by atoms with Gasteiger partial charge >= 0.3 is 0 Å². The smallest absolute Gasteiger partial charge is 0.253 e. The second-order valence-electron chi connectivity index (χ2n) is 12.0. The first-order valence-electron chi connectivity index (χ1n) is 14.5. The van der Waals surface area contributed by atoms with Crippen LogP contribution in [0.1, 0.15) is 30.3 Å². The number of oxazole rings is 1. The van der Waals surface area contributed by atoms with E-state index in [1.807, 2.05) is 30.3 Å². The Morgan fingerprint density at radius 3 is 2.40 bits per heavy atom. The number of allylic oxidation sites excluding steroid dienone is 2. The van der Waals surface area contributed by atoms with Gasteiger partial charge < -0.3 is 13.9 Å². The number of alkyl halides is 2. The molecule has 3 fully saturated rings. The summed E-state index contributed by atoms with van der Waals surface area (Å²) in [7, 11) is 1.33. The van der Waals surface area contributed by atoms with Gasteiger partial charge in [-0.15, -0.1) is 23.2 Å². The molecule has 10 nitrogen and oxygen atoms in total. The summed E-state index contributed by atoms with van der Waals surface area (Å²) in [6, 6.07) is 17.4. The molecular formula is C33H25Cl2N3O7. The zero-order valence-corrected chi connectivity index (χ0v) is 25.3. The van der Waals surface area contributed by atoms with Crippen LogP contribution in [-0.2, 0) is 25.8 Å². The fourth-order valence-electron chi connectivity index (χ4n) is 7.69. The number of amides is 4. The molecule has 0 bridgehead atoms. The molecule has 4 amide bonds. The molecule has 1 N–H and O–H groups in total. The minimum atomic E-state index is -1.94. The molecule has 2 aromatic carbocycles. The lowest BCUT2D eigenvalue weighted by molar-refractivity contribution is -0.138. The number of hydrogen-bond acceptors (Lipinski definition) is 8. The molecule has 45 heavy (non-hydrogen) atoms. The number of furan rings is 1. The SMILES string of the molecule is CN1C(=O)C2(Cl)CC3C(=CCC4C(=O)N(c5ccc(-c6nc7ccccc7o6)cc5)C(=O)C43)C(c3ccc(CO)o3)C2(Cl)C1=O. The number of aromatic nitrogens is 1. The van der Waals surface area contributed by atoms with Gasteiger partial charge in [0.15, 0.2) is 15.3 Å². The molecule has 2 aliphatic heterocycles. The van der Waals surface area contributed by atoms with Crippen molar-refractivity contribution in [1.82, 2.24) is 9.88 Å². The van der Waals surface area contributed by atoms with E-state index in [-0.39, 0.29) is 36.9 Å². The van der Waals surface area contributed by atoms with Crippen molar-refractivity contribution >= 4 is 63.6 Å². The van der Waals surface area contributed by atoms with Crippen molar-refractivity contribution in [1.29, 1.82) is 0 Å². The minimum Gasteiger partial charge on any atom is -0.463 e. The summed E-state index contributed by atoms with van der Waals surface area (Å²) in [5.41, 5.74) is 3.06. The first kappa shape index (κ1) is 28.2. The van der Waals surface area contributed by atoms with Crippen molar-refractivity contribution in [3.8, 4) is 11.5 Å². The highest BCUT2D eigenvalue weighted by Gasteiger charge is 2.76. The lowest BCUT2D eigenvalue weighted by Crippen LogP contribution is -2.60. The Bertz CT molecular complexity index is 1950. The highest BCUT2D eigenvalue weighted by Crippen LogP contribution is 2.65. The predicted octanol–water partition coefficient (Wildman–Crippen LogP) is 4.77. The number of fused-ring (bicyclic) bond motifs is 5. The first-order valence-corrected chi connectivity index (χ1v) is 15.3. The lowest BCUT2D eigenvalue weighted by Gasteiger charge is -2.49. The number of para-hydroxylation sites is 2. The van der Waals surface area contributed by atoms with Gasteiger partial charge in [0.1, 0.15) is 23.6 Å². The van der Waals surface area contributed by atoms with E-state index in [9.17, 15) is 24.3 Å². The zero-order valence-electron chi connectivity index (χ0n) is 23.8. The van der Waals surface area contributed by atoms with Crippen molar-refractivity contribution in [2.45, 2.75) is 35.1 Å². The van der Waals surface area contributed by atoms with E-state index >= 15 is 0 Å². The Morgan fingerprint density at radius 2 is 1.69 bits per heavy atom. The number of benzene rings is 2. The van der Waals surface area contributed by atoms with Gasteiger partial charge in [-0.3, -0.25) is 29.0 Å². The summed E-state index contributed by atoms with van der Waals surface area (Å²) in [5, 5.41) is 9.67. The lowest BCUT2D eigenvalue weighted by atomic mass is 9.57. The van der Waals surface area contributed by atoms with E-state index in [1.165, 1.54) is 11.9 Å². The van der Waals surface area contributed by atoms with Crippen LogP contribution in [0.2, 0.25) is 0 Å². The van der Waals surface area contributed by atoms with Gasteiger partial charge in [-0.05, 0) is 67.3 Å².